The van der Waals surface area contributed by atoms with E-state index in [4.69, 9.17) is 5.26 Å². The quantitative estimate of drug-likeness (QED) is 0.709. The summed E-state index contributed by atoms with van der Waals surface area (Å²) >= 11 is 0. The third-order valence-electron chi connectivity index (χ3n) is 4.19. The molecule has 0 aliphatic heterocycles. The molecule has 0 heterocycles. The fourth-order valence-electron chi connectivity index (χ4n) is 2.47. The standard InChI is InChI=1S/C11H19NO/c1-7(6-12)8(13)9-10(2,3)11(9,4)5/h7-9,13H,1-5H3/t7-,8+/m0/s1. The second-order valence-electron chi connectivity index (χ2n) is 5.33. The van der Waals surface area contributed by atoms with Gasteiger partial charge >= 0.3 is 0 Å². The van der Waals surface area contributed by atoms with Crippen molar-refractivity contribution in [3.8, 4) is 6.07 Å². The van der Waals surface area contributed by atoms with Crippen molar-refractivity contribution in [2.75, 3.05) is 0 Å². The van der Waals surface area contributed by atoms with Gasteiger partial charge in [-0.1, -0.05) is 27.7 Å². The van der Waals surface area contributed by atoms with Crippen LogP contribution in [0, 0.1) is 34.0 Å². The molecule has 1 saturated carbocycles. The lowest BCUT2D eigenvalue weighted by Crippen LogP contribution is -2.22. The average molecular weight is 181 g/mol. The maximum Gasteiger partial charge on any atom is 0.0734 e. The summed E-state index contributed by atoms with van der Waals surface area (Å²) in [5.41, 5.74) is 0.328. The first-order valence-electron chi connectivity index (χ1n) is 4.84. The van der Waals surface area contributed by atoms with Crippen LogP contribution in [0.1, 0.15) is 34.6 Å². The van der Waals surface area contributed by atoms with Crippen molar-refractivity contribution in [3.63, 3.8) is 0 Å². The molecule has 2 heteroatoms. The highest BCUT2D eigenvalue weighted by atomic mass is 16.3. The zero-order valence-electron chi connectivity index (χ0n) is 9.13. The van der Waals surface area contributed by atoms with Crippen molar-refractivity contribution in [3.05, 3.63) is 0 Å². The minimum Gasteiger partial charge on any atom is -0.391 e. The fourth-order valence-corrected chi connectivity index (χ4v) is 2.47. The number of aliphatic hydroxyl groups excluding tert-OH is 1. The van der Waals surface area contributed by atoms with Crippen LogP contribution in [-0.2, 0) is 0 Å². The van der Waals surface area contributed by atoms with Crippen molar-refractivity contribution in [1.82, 2.24) is 0 Å². The van der Waals surface area contributed by atoms with E-state index in [0.717, 1.165) is 0 Å². The van der Waals surface area contributed by atoms with E-state index in [9.17, 15) is 5.11 Å². The Morgan fingerprint density at radius 3 is 1.85 bits per heavy atom. The van der Waals surface area contributed by atoms with Gasteiger partial charge in [-0.3, -0.25) is 0 Å². The molecule has 0 aromatic heterocycles. The third-order valence-corrected chi connectivity index (χ3v) is 4.19. The Balaban J connectivity index is 2.74. The number of hydrogen-bond acceptors (Lipinski definition) is 2. The zero-order valence-corrected chi connectivity index (χ0v) is 9.13. The fraction of sp³-hybridized carbons (Fsp3) is 0.909. The van der Waals surface area contributed by atoms with E-state index >= 15 is 0 Å². The molecule has 1 rings (SSSR count). The van der Waals surface area contributed by atoms with Crippen LogP contribution in [0.15, 0.2) is 0 Å². The Bertz CT molecular complexity index is 235. The van der Waals surface area contributed by atoms with Gasteiger partial charge in [0.05, 0.1) is 18.1 Å². The molecule has 1 aliphatic rings. The molecule has 0 aromatic carbocycles. The average Bonchev–Trinajstić information content (AvgIpc) is 2.41. The molecule has 0 saturated heterocycles. The first kappa shape index (κ1) is 10.5. The van der Waals surface area contributed by atoms with E-state index in [2.05, 4.69) is 33.8 Å². The molecular formula is C11H19NO. The van der Waals surface area contributed by atoms with E-state index in [-0.39, 0.29) is 22.7 Å². The molecule has 2 atom stereocenters. The largest absolute Gasteiger partial charge is 0.391 e. The van der Waals surface area contributed by atoms with Crippen molar-refractivity contribution in [2.45, 2.75) is 40.7 Å². The molecule has 0 bridgehead atoms. The molecule has 0 spiro atoms. The summed E-state index contributed by atoms with van der Waals surface area (Å²) in [7, 11) is 0. The van der Waals surface area contributed by atoms with Gasteiger partial charge in [0.15, 0.2) is 0 Å². The van der Waals surface area contributed by atoms with Crippen LogP contribution in [0.5, 0.6) is 0 Å². The summed E-state index contributed by atoms with van der Waals surface area (Å²) in [4.78, 5) is 0. The second kappa shape index (κ2) is 2.72. The molecule has 1 aliphatic carbocycles. The first-order chi connectivity index (χ1) is 5.76. The minimum absolute atomic E-state index is 0.164. The molecule has 0 unspecified atom stereocenters. The predicted molar refractivity (Wildman–Crippen MR) is 51.8 cm³/mol. The maximum absolute atomic E-state index is 9.91. The monoisotopic (exact) mass is 181 g/mol. The van der Waals surface area contributed by atoms with Gasteiger partial charge < -0.3 is 5.11 Å². The Hall–Kier alpha value is -0.550. The van der Waals surface area contributed by atoms with Crippen molar-refractivity contribution >= 4 is 0 Å². The Labute approximate surface area is 80.6 Å². The Kier molecular flexibility index (Phi) is 2.20. The Morgan fingerprint density at radius 1 is 1.23 bits per heavy atom. The minimum atomic E-state index is -0.477. The molecule has 74 valence electrons. The lowest BCUT2D eigenvalue weighted by Gasteiger charge is -2.14. The summed E-state index contributed by atoms with van der Waals surface area (Å²) in [5.74, 6) is 0.000648. The van der Waals surface area contributed by atoms with E-state index in [1.165, 1.54) is 0 Å². The van der Waals surface area contributed by atoms with Gasteiger partial charge in [-0.25, -0.2) is 0 Å². The zero-order chi connectivity index (χ0) is 10.4. The highest BCUT2D eigenvalue weighted by Crippen LogP contribution is 2.70. The van der Waals surface area contributed by atoms with Crippen LogP contribution < -0.4 is 0 Å². The molecular weight excluding hydrogens is 162 g/mol. The molecule has 0 amide bonds. The highest BCUT2D eigenvalue weighted by molar-refractivity contribution is 5.16. The summed E-state index contributed by atoms with van der Waals surface area (Å²) < 4.78 is 0. The molecule has 1 N–H and O–H groups in total. The van der Waals surface area contributed by atoms with Crippen LogP contribution in [0.25, 0.3) is 0 Å². The lowest BCUT2D eigenvalue weighted by atomic mass is 9.97. The SMILES string of the molecule is C[C@@H](C#N)[C@@H](O)C1C(C)(C)C1(C)C. The van der Waals surface area contributed by atoms with E-state index in [0.29, 0.717) is 0 Å². The van der Waals surface area contributed by atoms with Gasteiger partial charge in [-0.2, -0.15) is 5.26 Å². The van der Waals surface area contributed by atoms with Gasteiger partial charge in [-0.05, 0) is 23.7 Å². The van der Waals surface area contributed by atoms with Gasteiger partial charge in [0, 0.05) is 0 Å². The number of aliphatic hydroxyl groups is 1. The lowest BCUT2D eigenvalue weighted by molar-refractivity contribution is 0.0976. The first-order valence-corrected chi connectivity index (χ1v) is 4.84. The van der Waals surface area contributed by atoms with Crippen LogP contribution in [0.4, 0.5) is 0 Å². The smallest absolute Gasteiger partial charge is 0.0734 e. The second-order valence-corrected chi connectivity index (χ2v) is 5.33. The predicted octanol–water partition coefficient (Wildman–Crippen LogP) is 2.19. The molecule has 13 heavy (non-hydrogen) atoms. The summed E-state index contributed by atoms with van der Waals surface area (Å²) in [6.45, 7) is 10.4. The molecule has 1 fully saturated rings. The summed E-state index contributed by atoms with van der Waals surface area (Å²) in [5, 5.41) is 18.6. The van der Waals surface area contributed by atoms with E-state index < -0.39 is 6.10 Å². The molecule has 0 aromatic rings. The topological polar surface area (TPSA) is 44.0 Å². The van der Waals surface area contributed by atoms with Crippen molar-refractivity contribution < 1.29 is 5.11 Å². The van der Waals surface area contributed by atoms with Gasteiger partial charge in [0.2, 0.25) is 0 Å². The number of nitriles is 1. The number of nitrogens with zero attached hydrogens (tertiary/aromatic N) is 1. The van der Waals surface area contributed by atoms with Crippen LogP contribution in [0.2, 0.25) is 0 Å². The van der Waals surface area contributed by atoms with Crippen LogP contribution in [0.3, 0.4) is 0 Å². The summed E-state index contributed by atoms with van der Waals surface area (Å²) in [6.07, 6.45) is -0.477. The third kappa shape index (κ3) is 1.26. The van der Waals surface area contributed by atoms with E-state index in [1.54, 1.807) is 6.92 Å². The molecule has 0 radical (unpaired) electrons. The highest BCUT2D eigenvalue weighted by Gasteiger charge is 2.67. The van der Waals surface area contributed by atoms with Crippen LogP contribution in [-0.4, -0.2) is 11.2 Å². The van der Waals surface area contributed by atoms with E-state index in [1.807, 2.05) is 0 Å². The van der Waals surface area contributed by atoms with Crippen molar-refractivity contribution in [1.29, 1.82) is 5.26 Å². The Morgan fingerprint density at radius 2 is 1.62 bits per heavy atom. The van der Waals surface area contributed by atoms with Gasteiger partial charge in [-0.15, -0.1) is 0 Å². The number of rotatable bonds is 2. The number of hydrogen-bond donors (Lipinski definition) is 1. The van der Waals surface area contributed by atoms with Crippen molar-refractivity contribution in [2.24, 2.45) is 22.7 Å². The maximum atomic E-state index is 9.91. The normalized spacial score (nSPS) is 29.0. The van der Waals surface area contributed by atoms with Gasteiger partial charge in [0.1, 0.15) is 0 Å². The van der Waals surface area contributed by atoms with Gasteiger partial charge in [0.25, 0.3) is 0 Å². The molecule has 2 nitrogen and oxygen atoms in total. The van der Waals surface area contributed by atoms with Crippen LogP contribution >= 0.6 is 0 Å². The summed E-state index contributed by atoms with van der Waals surface area (Å²) in [6, 6.07) is 2.11.